The van der Waals surface area contributed by atoms with Gasteiger partial charge in [-0.25, -0.2) is 4.39 Å². The molecule has 0 aliphatic carbocycles. The van der Waals surface area contributed by atoms with Crippen molar-refractivity contribution < 1.29 is 4.39 Å². The number of nitrogens with zero attached hydrogens (tertiary/aromatic N) is 2. The van der Waals surface area contributed by atoms with Crippen LogP contribution in [0.25, 0.3) is 0 Å². The molecule has 1 aromatic heterocycles. The molecule has 2 aromatic rings. The van der Waals surface area contributed by atoms with Crippen molar-refractivity contribution in [2.24, 2.45) is 0 Å². The van der Waals surface area contributed by atoms with E-state index in [1.54, 1.807) is 18.3 Å². The second-order valence-electron chi connectivity index (χ2n) is 4.26. The molecule has 4 heteroatoms. The molecule has 0 aliphatic heterocycles. The maximum absolute atomic E-state index is 13.0. The Bertz CT molecular complexity index is 525. The lowest BCUT2D eigenvalue weighted by Crippen LogP contribution is -2.19. The first-order chi connectivity index (χ1) is 9.26. The second kappa shape index (κ2) is 6.29. The van der Waals surface area contributed by atoms with Gasteiger partial charge in [0.05, 0.1) is 11.9 Å². The number of hydrogen-bond donors (Lipinski definition) is 1. The summed E-state index contributed by atoms with van der Waals surface area (Å²) >= 11 is 0. The average Bonchev–Trinajstić information content (AvgIpc) is 2.44. The molecular formula is C15H18FN3. The van der Waals surface area contributed by atoms with Crippen LogP contribution in [0, 0.1) is 5.82 Å². The molecule has 1 aromatic carbocycles. The third kappa shape index (κ3) is 3.09. The van der Waals surface area contributed by atoms with Crippen molar-refractivity contribution in [3.8, 4) is 0 Å². The van der Waals surface area contributed by atoms with E-state index >= 15 is 0 Å². The molecule has 0 unspecified atom stereocenters. The standard InChI is InChI=1S/C15H18FN3/c1-3-19(14-6-4-13(16)5-7-14)15-11-18-9-8-12(15)10-17-2/h4-9,11,17H,3,10H2,1-2H3. The van der Waals surface area contributed by atoms with Crippen molar-refractivity contribution in [2.75, 3.05) is 18.5 Å². The van der Waals surface area contributed by atoms with E-state index in [9.17, 15) is 4.39 Å². The largest absolute Gasteiger partial charge is 0.340 e. The number of benzene rings is 1. The Morgan fingerprint density at radius 2 is 1.95 bits per heavy atom. The molecule has 0 spiro atoms. The van der Waals surface area contributed by atoms with Crippen LogP contribution in [0.15, 0.2) is 42.7 Å². The molecule has 0 atom stereocenters. The minimum Gasteiger partial charge on any atom is -0.340 e. The van der Waals surface area contributed by atoms with E-state index in [-0.39, 0.29) is 5.82 Å². The lowest BCUT2D eigenvalue weighted by atomic mass is 10.2. The lowest BCUT2D eigenvalue weighted by molar-refractivity contribution is 0.628. The summed E-state index contributed by atoms with van der Waals surface area (Å²) in [6.45, 7) is 3.64. The van der Waals surface area contributed by atoms with Gasteiger partial charge in [0.15, 0.2) is 0 Å². The van der Waals surface area contributed by atoms with Crippen molar-refractivity contribution in [3.63, 3.8) is 0 Å². The molecule has 0 bridgehead atoms. The minimum absolute atomic E-state index is 0.221. The van der Waals surface area contributed by atoms with Crippen LogP contribution in [0.3, 0.4) is 0 Å². The third-order valence-corrected chi connectivity index (χ3v) is 3.00. The van der Waals surface area contributed by atoms with E-state index in [1.165, 1.54) is 17.7 Å². The number of aromatic nitrogens is 1. The summed E-state index contributed by atoms with van der Waals surface area (Å²) in [6, 6.07) is 8.53. The Hall–Kier alpha value is -1.94. The topological polar surface area (TPSA) is 28.2 Å². The summed E-state index contributed by atoms with van der Waals surface area (Å²) in [4.78, 5) is 6.32. The molecule has 0 saturated carbocycles. The highest BCUT2D eigenvalue weighted by atomic mass is 19.1. The summed E-state index contributed by atoms with van der Waals surface area (Å²) in [6.07, 6.45) is 3.63. The molecular weight excluding hydrogens is 241 g/mol. The number of nitrogens with one attached hydrogen (secondary N) is 1. The summed E-state index contributed by atoms with van der Waals surface area (Å²) < 4.78 is 13.0. The van der Waals surface area contributed by atoms with Gasteiger partial charge in [0.2, 0.25) is 0 Å². The average molecular weight is 259 g/mol. The SMILES string of the molecule is CCN(c1ccc(F)cc1)c1cnccc1CNC. The Balaban J connectivity index is 2.39. The molecule has 0 amide bonds. The van der Waals surface area contributed by atoms with Crippen molar-refractivity contribution >= 4 is 11.4 Å². The summed E-state index contributed by atoms with van der Waals surface area (Å²) in [5, 5.41) is 3.15. The fraction of sp³-hybridized carbons (Fsp3) is 0.267. The van der Waals surface area contributed by atoms with Crippen LogP contribution in [0.4, 0.5) is 15.8 Å². The Labute approximate surface area is 113 Å². The van der Waals surface area contributed by atoms with Gasteiger partial charge in [-0.3, -0.25) is 4.98 Å². The molecule has 0 fully saturated rings. The smallest absolute Gasteiger partial charge is 0.123 e. The van der Waals surface area contributed by atoms with E-state index < -0.39 is 0 Å². The van der Waals surface area contributed by atoms with E-state index in [0.29, 0.717) is 0 Å². The summed E-state index contributed by atoms with van der Waals surface area (Å²) in [5.74, 6) is -0.221. The Kier molecular flexibility index (Phi) is 4.47. The molecule has 0 saturated heterocycles. The normalized spacial score (nSPS) is 10.5. The van der Waals surface area contributed by atoms with Gasteiger partial charge in [-0.1, -0.05) is 0 Å². The van der Waals surface area contributed by atoms with Crippen LogP contribution in [0.1, 0.15) is 12.5 Å². The van der Waals surface area contributed by atoms with E-state index in [0.717, 1.165) is 24.5 Å². The zero-order valence-electron chi connectivity index (χ0n) is 11.2. The minimum atomic E-state index is -0.221. The number of anilines is 2. The highest BCUT2D eigenvalue weighted by molar-refractivity contribution is 5.65. The molecule has 0 aliphatic rings. The van der Waals surface area contributed by atoms with Crippen LogP contribution in [0.2, 0.25) is 0 Å². The van der Waals surface area contributed by atoms with Crippen molar-refractivity contribution in [1.29, 1.82) is 0 Å². The molecule has 0 radical (unpaired) electrons. The van der Waals surface area contributed by atoms with Crippen LogP contribution in [0.5, 0.6) is 0 Å². The number of halogens is 1. The first-order valence-corrected chi connectivity index (χ1v) is 6.37. The summed E-state index contributed by atoms with van der Waals surface area (Å²) in [7, 11) is 1.92. The van der Waals surface area contributed by atoms with Gasteiger partial charge in [-0.2, -0.15) is 0 Å². The fourth-order valence-corrected chi connectivity index (χ4v) is 2.11. The van der Waals surface area contributed by atoms with Gasteiger partial charge in [0.25, 0.3) is 0 Å². The predicted molar refractivity (Wildman–Crippen MR) is 76.1 cm³/mol. The van der Waals surface area contributed by atoms with Crippen LogP contribution >= 0.6 is 0 Å². The van der Waals surface area contributed by atoms with Gasteiger partial charge in [0, 0.05) is 25.0 Å². The molecule has 1 heterocycles. The van der Waals surface area contributed by atoms with Crippen molar-refractivity contribution in [2.45, 2.75) is 13.5 Å². The van der Waals surface area contributed by atoms with Gasteiger partial charge in [-0.05, 0) is 49.9 Å². The van der Waals surface area contributed by atoms with E-state index in [1.807, 2.05) is 19.3 Å². The second-order valence-corrected chi connectivity index (χ2v) is 4.26. The van der Waals surface area contributed by atoms with Crippen molar-refractivity contribution in [3.05, 3.63) is 54.1 Å². The van der Waals surface area contributed by atoms with Crippen LogP contribution < -0.4 is 10.2 Å². The maximum atomic E-state index is 13.0. The third-order valence-electron chi connectivity index (χ3n) is 3.00. The first kappa shape index (κ1) is 13.5. The number of pyridine rings is 1. The van der Waals surface area contributed by atoms with E-state index in [4.69, 9.17) is 0 Å². The molecule has 100 valence electrons. The van der Waals surface area contributed by atoms with Gasteiger partial charge in [-0.15, -0.1) is 0 Å². The fourth-order valence-electron chi connectivity index (χ4n) is 2.11. The molecule has 2 rings (SSSR count). The highest BCUT2D eigenvalue weighted by Gasteiger charge is 2.11. The monoisotopic (exact) mass is 259 g/mol. The number of hydrogen-bond acceptors (Lipinski definition) is 3. The molecule has 3 nitrogen and oxygen atoms in total. The van der Waals surface area contributed by atoms with Gasteiger partial charge < -0.3 is 10.2 Å². The Morgan fingerprint density at radius 1 is 1.21 bits per heavy atom. The lowest BCUT2D eigenvalue weighted by Gasteiger charge is -2.25. The van der Waals surface area contributed by atoms with E-state index in [2.05, 4.69) is 22.1 Å². The molecule has 19 heavy (non-hydrogen) atoms. The Morgan fingerprint density at radius 3 is 2.58 bits per heavy atom. The zero-order chi connectivity index (χ0) is 13.7. The van der Waals surface area contributed by atoms with Crippen molar-refractivity contribution in [1.82, 2.24) is 10.3 Å². The zero-order valence-corrected chi connectivity index (χ0v) is 11.2. The maximum Gasteiger partial charge on any atom is 0.123 e. The highest BCUT2D eigenvalue weighted by Crippen LogP contribution is 2.27. The first-order valence-electron chi connectivity index (χ1n) is 6.37. The molecule has 1 N–H and O–H groups in total. The van der Waals surface area contributed by atoms with Gasteiger partial charge >= 0.3 is 0 Å². The van der Waals surface area contributed by atoms with Crippen LogP contribution in [-0.2, 0) is 6.54 Å². The number of rotatable bonds is 5. The predicted octanol–water partition coefficient (Wildman–Crippen LogP) is 3.10. The van der Waals surface area contributed by atoms with Crippen LogP contribution in [-0.4, -0.2) is 18.6 Å². The van der Waals surface area contributed by atoms with Gasteiger partial charge in [0.1, 0.15) is 5.82 Å². The summed E-state index contributed by atoms with van der Waals surface area (Å²) in [5.41, 5.74) is 3.18. The quantitative estimate of drug-likeness (QED) is 0.894.